The number of aryl methyl sites for hydroxylation is 1. The van der Waals surface area contributed by atoms with Gasteiger partial charge in [0.15, 0.2) is 18.1 Å². The Kier molecular flexibility index (Phi) is 7.94. The number of benzene rings is 1. The Morgan fingerprint density at radius 1 is 1.04 bits per heavy atom. The molecule has 0 aliphatic rings. The molecule has 2 aromatic rings. The quantitative estimate of drug-likeness (QED) is 0.625. The molecule has 0 saturated carbocycles. The lowest BCUT2D eigenvalue weighted by Gasteiger charge is -2.14. The van der Waals surface area contributed by atoms with E-state index in [-0.39, 0.29) is 25.5 Å². The van der Waals surface area contributed by atoms with Crippen LogP contribution in [0.25, 0.3) is 0 Å². The van der Waals surface area contributed by atoms with Crippen LogP contribution in [0.5, 0.6) is 17.2 Å². The predicted octanol–water partition coefficient (Wildman–Crippen LogP) is 2.57. The van der Waals surface area contributed by atoms with Crippen molar-refractivity contribution in [2.45, 2.75) is 19.4 Å². The normalized spacial score (nSPS) is 10.2. The lowest BCUT2D eigenvalue weighted by Crippen LogP contribution is -2.28. The molecule has 1 aromatic carbocycles. The zero-order valence-electron chi connectivity index (χ0n) is 15.6. The van der Waals surface area contributed by atoms with Crippen molar-refractivity contribution in [2.24, 2.45) is 0 Å². The second-order valence-electron chi connectivity index (χ2n) is 5.60. The monoisotopic (exact) mass is 393 g/mol. The topological polar surface area (TPSA) is 83.1 Å². The van der Waals surface area contributed by atoms with Crippen molar-refractivity contribution >= 4 is 23.2 Å². The number of thiophene rings is 1. The van der Waals surface area contributed by atoms with Gasteiger partial charge < -0.3 is 24.3 Å². The minimum absolute atomic E-state index is 0.238. The fourth-order valence-corrected chi connectivity index (χ4v) is 3.09. The van der Waals surface area contributed by atoms with Crippen LogP contribution in [0.1, 0.15) is 17.5 Å². The number of hydrogen-bond acceptors (Lipinski definition) is 7. The van der Waals surface area contributed by atoms with Gasteiger partial charge in [-0.05, 0) is 46.5 Å². The lowest BCUT2D eigenvalue weighted by molar-refractivity contribution is -0.148. The summed E-state index contributed by atoms with van der Waals surface area (Å²) in [7, 11) is 4.57. The molecule has 1 heterocycles. The van der Waals surface area contributed by atoms with Crippen LogP contribution in [0.3, 0.4) is 0 Å². The van der Waals surface area contributed by atoms with Gasteiger partial charge in [0, 0.05) is 13.0 Å². The van der Waals surface area contributed by atoms with E-state index in [1.807, 2.05) is 16.8 Å². The number of methoxy groups -OCH3 is 3. The number of carbonyl (C=O) groups is 2. The number of carbonyl (C=O) groups excluding carboxylic acids is 2. The van der Waals surface area contributed by atoms with Crippen LogP contribution in [0.2, 0.25) is 0 Å². The van der Waals surface area contributed by atoms with Crippen LogP contribution < -0.4 is 19.5 Å². The smallest absolute Gasteiger partial charge is 0.306 e. The fraction of sp³-hybridized carbons (Fsp3) is 0.368. The van der Waals surface area contributed by atoms with E-state index in [1.165, 1.54) is 21.3 Å². The van der Waals surface area contributed by atoms with E-state index in [9.17, 15) is 9.59 Å². The molecule has 1 N–H and O–H groups in total. The van der Waals surface area contributed by atoms with Gasteiger partial charge >= 0.3 is 5.97 Å². The van der Waals surface area contributed by atoms with Crippen LogP contribution in [-0.4, -0.2) is 39.8 Å². The van der Waals surface area contributed by atoms with E-state index in [0.717, 1.165) is 11.1 Å². The summed E-state index contributed by atoms with van der Waals surface area (Å²) >= 11 is 1.58. The van der Waals surface area contributed by atoms with Crippen LogP contribution in [0.4, 0.5) is 0 Å². The minimum atomic E-state index is -0.399. The van der Waals surface area contributed by atoms with E-state index in [1.54, 1.807) is 23.5 Å². The molecule has 0 saturated heterocycles. The maximum absolute atomic E-state index is 11.9. The third-order valence-electron chi connectivity index (χ3n) is 3.78. The van der Waals surface area contributed by atoms with Crippen LogP contribution in [0, 0.1) is 0 Å². The highest BCUT2D eigenvalue weighted by atomic mass is 32.1. The van der Waals surface area contributed by atoms with Gasteiger partial charge in [-0.2, -0.15) is 11.3 Å². The number of esters is 1. The standard InChI is InChI=1S/C19H23NO6S/c1-23-15-8-14(9-16(24-2)19(15)25-3)10-20-17(21)11-26-18(22)5-4-13-6-7-27-12-13/h6-9,12H,4-5,10-11H2,1-3H3,(H,20,21). The van der Waals surface area contributed by atoms with Gasteiger partial charge in [-0.25, -0.2) is 0 Å². The first-order valence-corrected chi connectivity index (χ1v) is 9.24. The molecule has 0 aliphatic carbocycles. The van der Waals surface area contributed by atoms with Gasteiger partial charge in [0.2, 0.25) is 5.75 Å². The molecular weight excluding hydrogens is 370 g/mol. The Bertz CT molecular complexity index is 735. The summed E-state index contributed by atoms with van der Waals surface area (Å²) in [4.78, 5) is 23.6. The minimum Gasteiger partial charge on any atom is -0.493 e. The van der Waals surface area contributed by atoms with Gasteiger partial charge in [0.05, 0.1) is 21.3 Å². The lowest BCUT2D eigenvalue weighted by atomic mass is 10.1. The molecule has 0 spiro atoms. The molecular formula is C19H23NO6S. The van der Waals surface area contributed by atoms with Crippen molar-refractivity contribution in [3.63, 3.8) is 0 Å². The molecule has 1 aromatic heterocycles. The van der Waals surface area contributed by atoms with E-state index in [0.29, 0.717) is 23.7 Å². The average molecular weight is 393 g/mol. The first-order chi connectivity index (χ1) is 13.1. The highest BCUT2D eigenvalue weighted by Gasteiger charge is 2.14. The summed E-state index contributed by atoms with van der Waals surface area (Å²) in [5.74, 6) is 0.702. The second kappa shape index (κ2) is 10.4. The number of nitrogens with one attached hydrogen (secondary N) is 1. The van der Waals surface area contributed by atoms with Crippen molar-refractivity contribution in [1.29, 1.82) is 0 Å². The van der Waals surface area contributed by atoms with Gasteiger partial charge in [0.1, 0.15) is 0 Å². The summed E-state index contributed by atoms with van der Waals surface area (Å²) < 4.78 is 20.8. The third-order valence-corrected chi connectivity index (χ3v) is 4.51. The van der Waals surface area contributed by atoms with E-state index in [4.69, 9.17) is 18.9 Å². The Balaban J connectivity index is 1.80. The Morgan fingerprint density at radius 3 is 2.30 bits per heavy atom. The zero-order valence-corrected chi connectivity index (χ0v) is 16.4. The molecule has 146 valence electrons. The Morgan fingerprint density at radius 2 is 1.74 bits per heavy atom. The number of hydrogen-bond donors (Lipinski definition) is 1. The van der Waals surface area contributed by atoms with E-state index >= 15 is 0 Å². The van der Waals surface area contributed by atoms with Crippen LogP contribution >= 0.6 is 11.3 Å². The summed E-state index contributed by atoms with van der Waals surface area (Å²) in [6.45, 7) is -0.0745. The third kappa shape index (κ3) is 6.18. The number of amides is 1. The molecule has 1 amide bonds. The Labute approximate surface area is 162 Å². The Hall–Kier alpha value is -2.74. The van der Waals surface area contributed by atoms with Crippen molar-refractivity contribution in [1.82, 2.24) is 5.32 Å². The number of rotatable bonds is 10. The van der Waals surface area contributed by atoms with Crippen molar-refractivity contribution in [2.75, 3.05) is 27.9 Å². The van der Waals surface area contributed by atoms with Gasteiger partial charge in [-0.1, -0.05) is 0 Å². The zero-order chi connectivity index (χ0) is 19.6. The molecule has 0 aliphatic heterocycles. The van der Waals surface area contributed by atoms with Gasteiger partial charge in [0.25, 0.3) is 5.91 Å². The molecule has 7 nitrogen and oxygen atoms in total. The second-order valence-corrected chi connectivity index (χ2v) is 6.38. The average Bonchev–Trinajstić information content (AvgIpc) is 3.21. The van der Waals surface area contributed by atoms with Crippen molar-refractivity contribution in [3.8, 4) is 17.2 Å². The fourth-order valence-electron chi connectivity index (χ4n) is 2.39. The molecule has 0 unspecified atom stereocenters. The molecule has 0 atom stereocenters. The molecule has 0 bridgehead atoms. The van der Waals surface area contributed by atoms with Crippen LogP contribution in [0.15, 0.2) is 29.0 Å². The summed E-state index contributed by atoms with van der Waals surface area (Å²) in [5, 5.41) is 6.64. The molecule has 27 heavy (non-hydrogen) atoms. The summed E-state index contributed by atoms with van der Waals surface area (Å²) in [6.07, 6.45) is 0.853. The van der Waals surface area contributed by atoms with Crippen molar-refractivity contribution < 1.29 is 28.5 Å². The summed E-state index contributed by atoms with van der Waals surface area (Å²) in [5.41, 5.74) is 1.85. The first-order valence-electron chi connectivity index (χ1n) is 8.29. The number of ether oxygens (including phenoxy) is 4. The van der Waals surface area contributed by atoms with E-state index < -0.39 is 5.97 Å². The predicted molar refractivity (Wildman–Crippen MR) is 102 cm³/mol. The molecule has 8 heteroatoms. The highest BCUT2D eigenvalue weighted by molar-refractivity contribution is 7.07. The molecule has 2 rings (SSSR count). The highest BCUT2D eigenvalue weighted by Crippen LogP contribution is 2.38. The van der Waals surface area contributed by atoms with Gasteiger partial charge in [-0.3, -0.25) is 9.59 Å². The van der Waals surface area contributed by atoms with E-state index in [2.05, 4.69) is 5.32 Å². The summed E-state index contributed by atoms with van der Waals surface area (Å²) in [6, 6.07) is 5.45. The van der Waals surface area contributed by atoms with Crippen LogP contribution in [-0.2, 0) is 27.3 Å². The van der Waals surface area contributed by atoms with Gasteiger partial charge in [-0.15, -0.1) is 0 Å². The molecule has 0 radical (unpaired) electrons. The molecule has 0 fully saturated rings. The largest absolute Gasteiger partial charge is 0.493 e. The maximum Gasteiger partial charge on any atom is 0.306 e. The maximum atomic E-state index is 11.9. The first kappa shape index (κ1) is 20.6. The SMILES string of the molecule is COc1cc(CNC(=O)COC(=O)CCc2ccsc2)cc(OC)c1OC. The van der Waals surface area contributed by atoms with Crippen molar-refractivity contribution in [3.05, 3.63) is 40.1 Å².